The average molecular weight is 404 g/mol. The molecule has 1 aliphatic heterocycles. The second-order valence-corrected chi connectivity index (χ2v) is 9.74. The van der Waals surface area contributed by atoms with Gasteiger partial charge in [0, 0.05) is 13.1 Å². The van der Waals surface area contributed by atoms with E-state index in [1.54, 1.807) is 0 Å². The van der Waals surface area contributed by atoms with E-state index in [1.807, 2.05) is 0 Å². The highest BCUT2D eigenvalue weighted by molar-refractivity contribution is 7.89. The van der Waals surface area contributed by atoms with Gasteiger partial charge in [-0.1, -0.05) is 58.3 Å². The lowest BCUT2D eigenvalue weighted by Crippen LogP contribution is -2.46. The van der Waals surface area contributed by atoms with Crippen LogP contribution in [0.2, 0.25) is 0 Å². The highest BCUT2D eigenvalue weighted by Crippen LogP contribution is 2.22. The van der Waals surface area contributed by atoms with E-state index in [0.717, 1.165) is 38.5 Å². The fourth-order valence-electron chi connectivity index (χ4n) is 3.65. The molecule has 1 atom stereocenters. The summed E-state index contributed by atoms with van der Waals surface area (Å²) < 4.78 is 26.8. The van der Waals surface area contributed by atoms with E-state index in [4.69, 9.17) is 5.73 Å². The Kier molecular flexibility index (Phi) is 13.0. The Morgan fingerprint density at radius 3 is 2.30 bits per heavy atom. The number of unbranched alkanes of at least 4 members (excludes halogenated alkanes) is 9. The molecule has 0 saturated carbocycles. The summed E-state index contributed by atoms with van der Waals surface area (Å²) in [6.45, 7) is 3.95. The van der Waals surface area contributed by atoms with Crippen molar-refractivity contribution in [2.24, 2.45) is 5.73 Å². The van der Waals surface area contributed by atoms with E-state index in [0.29, 0.717) is 32.5 Å². The first kappa shape index (κ1) is 24.4. The molecule has 0 aliphatic carbocycles. The highest BCUT2D eigenvalue weighted by Gasteiger charge is 2.37. The van der Waals surface area contributed by atoms with E-state index in [-0.39, 0.29) is 11.7 Å². The first-order valence-electron chi connectivity index (χ1n) is 11.0. The molecular formula is C20H41N3O3S. The Hall–Kier alpha value is -0.660. The maximum absolute atomic E-state index is 12.7. The van der Waals surface area contributed by atoms with Gasteiger partial charge in [-0.3, -0.25) is 4.79 Å². The van der Waals surface area contributed by atoms with E-state index in [1.165, 1.54) is 36.4 Å². The van der Waals surface area contributed by atoms with Crippen LogP contribution in [0, 0.1) is 0 Å². The molecule has 0 aromatic carbocycles. The zero-order valence-electron chi connectivity index (χ0n) is 17.3. The summed E-state index contributed by atoms with van der Waals surface area (Å²) in [5, 5.41) is 2.90. The van der Waals surface area contributed by atoms with Crippen LogP contribution >= 0.6 is 0 Å². The van der Waals surface area contributed by atoms with E-state index < -0.39 is 16.1 Å². The van der Waals surface area contributed by atoms with Gasteiger partial charge in [-0.15, -0.1) is 0 Å². The summed E-state index contributed by atoms with van der Waals surface area (Å²) in [7, 11) is -3.34. The molecular weight excluding hydrogens is 362 g/mol. The van der Waals surface area contributed by atoms with E-state index in [2.05, 4.69) is 12.2 Å². The van der Waals surface area contributed by atoms with Crippen molar-refractivity contribution in [3.8, 4) is 0 Å². The third-order valence-electron chi connectivity index (χ3n) is 5.30. The molecule has 160 valence electrons. The van der Waals surface area contributed by atoms with Crippen LogP contribution in [0.25, 0.3) is 0 Å². The summed E-state index contributed by atoms with van der Waals surface area (Å²) in [5.41, 5.74) is 5.46. The minimum absolute atomic E-state index is 0.139. The number of sulfonamides is 1. The number of carbonyl (C=O) groups excluding carboxylic acids is 1. The lowest BCUT2D eigenvalue weighted by Gasteiger charge is -2.23. The monoisotopic (exact) mass is 403 g/mol. The number of nitrogens with two attached hydrogens (primary N) is 1. The van der Waals surface area contributed by atoms with Gasteiger partial charge in [-0.05, 0) is 38.6 Å². The van der Waals surface area contributed by atoms with Crippen molar-refractivity contribution in [3.63, 3.8) is 0 Å². The highest BCUT2D eigenvalue weighted by atomic mass is 32.2. The zero-order valence-corrected chi connectivity index (χ0v) is 18.1. The molecule has 1 rings (SSSR count). The molecule has 0 spiro atoms. The van der Waals surface area contributed by atoms with Gasteiger partial charge in [0.25, 0.3) is 0 Å². The van der Waals surface area contributed by atoms with Gasteiger partial charge >= 0.3 is 0 Å². The summed E-state index contributed by atoms with van der Waals surface area (Å²) in [6, 6.07) is -0.515. The Morgan fingerprint density at radius 2 is 1.63 bits per heavy atom. The number of carbonyl (C=O) groups is 1. The second kappa shape index (κ2) is 14.4. The van der Waals surface area contributed by atoms with E-state index >= 15 is 0 Å². The number of nitrogens with zero attached hydrogens (tertiary/aromatic N) is 1. The molecule has 0 radical (unpaired) electrons. The van der Waals surface area contributed by atoms with Crippen molar-refractivity contribution in [1.29, 1.82) is 0 Å². The summed E-state index contributed by atoms with van der Waals surface area (Å²) in [4.78, 5) is 12.4. The van der Waals surface area contributed by atoms with Crippen molar-refractivity contribution < 1.29 is 13.2 Å². The molecule has 1 fully saturated rings. The molecule has 7 heteroatoms. The minimum Gasteiger partial charge on any atom is -0.355 e. The lowest BCUT2D eigenvalue weighted by molar-refractivity contribution is -0.124. The van der Waals surface area contributed by atoms with Crippen molar-refractivity contribution in [1.82, 2.24) is 9.62 Å². The van der Waals surface area contributed by atoms with Crippen LogP contribution in [-0.2, 0) is 14.8 Å². The number of hydrogen-bond acceptors (Lipinski definition) is 4. The van der Waals surface area contributed by atoms with Crippen LogP contribution < -0.4 is 11.1 Å². The lowest BCUT2D eigenvalue weighted by atomic mass is 10.1. The molecule has 0 aromatic heterocycles. The third kappa shape index (κ3) is 9.90. The zero-order chi connectivity index (χ0) is 20.0. The molecule has 0 bridgehead atoms. The normalized spacial score (nSPS) is 18.1. The Morgan fingerprint density at radius 1 is 1.00 bits per heavy atom. The molecule has 1 heterocycles. The SMILES string of the molecule is CCCCCCCCCCS(=O)(=O)N1CCCC1C(=O)NCCCCCN. The summed E-state index contributed by atoms with van der Waals surface area (Å²) >= 11 is 0. The molecule has 6 nitrogen and oxygen atoms in total. The number of amides is 1. The van der Waals surface area contributed by atoms with Crippen LogP contribution in [-0.4, -0.2) is 50.1 Å². The minimum atomic E-state index is -3.34. The maximum Gasteiger partial charge on any atom is 0.238 e. The van der Waals surface area contributed by atoms with Crippen LogP contribution in [0.5, 0.6) is 0 Å². The predicted molar refractivity (Wildman–Crippen MR) is 112 cm³/mol. The van der Waals surface area contributed by atoms with Crippen molar-refractivity contribution in [2.75, 3.05) is 25.4 Å². The van der Waals surface area contributed by atoms with Gasteiger partial charge in [-0.2, -0.15) is 4.31 Å². The molecule has 0 aromatic rings. The van der Waals surface area contributed by atoms with Crippen LogP contribution in [0.4, 0.5) is 0 Å². The van der Waals surface area contributed by atoms with Crippen molar-refractivity contribution >= 4 is 15.9 Å². The van der Waals surface area contributed by atoms with Gasteiger partial charge in [0.1, 0.15) is 6.04 Å². The van der Waals surface area contributed by atoms with Gasteiger partial charge in [0.2, 0.25) is 15.9 Å². The first-order valence-corrected chi connectivity index (χ1v) is 12.6. The van der Waals surface area contributed by atoms with Crippen molar-refractivity contribution in [2.45, 2.75) is 96.4 Å². The third-order valence-corrected chi connectivity index (χ3v) is 7.26. The smallest absolute Gasteiger partial charge is 0.238 e. The molecule has 3 N–H and O–H groups in total. The van der Waals surface area contributed by atoms with Crippen LogP contribution in [0.15, 0.2) is 0 Å². The fraction of sp³-hybridized carbons (Fsp3) is 0.950. The Labute approximate surface area is 166 Å². The second-order valence-electron chi connectivity index (χ2n) is 7.70. The predicted octanol–water partition coefficient (Wildman–Crippen LogP) is 3.17. The molecule has 1 saturated heterocycles. The van der Waals surface area contributed by atoms with Crippen LogP contribution in [0.3, 0.4) is 0 Å². The van der Waals surface area contributed by atoms with E-state index in [9.17, 15) is 13.2 Å². The summed E-state index contributed by atoms with van der Waals surface area (Å²) in [5.74, 6) is 0.0298. The molecule has 1 aliphatic rings. The van der Waals surface area contributed by atoms with Gasteiger partial charge < -0.3 is 11.1 Å². The first-order chi connectivity index (χ1) is 13.0. The van der Waals surface area contributed by atoms with Gasteiger partial charge in [0.15, 0.2) is 0 Å². The quantitative estimate of drug-likeness (QED) is 0.387. The topological polar surface area (TPSA) is 92.5 Å². The fourth-order valence-corrected chi connectivity index (χ4v) is 5.45. The average Bonchev–Trinajstić information content (AvgIpc) is 3.14. The number of hydrogen-bond donors (Lipinski definition) is 2. The Bertz CT molecular complexity index is 497. The number of rotatable bonds is 16. The Balaban J connectivity index is 2.29. The standard InChI is InChI=1S/C20H41N3O3S/c1-2-3-4-5-6-7-8-12-18-27(25,26)23-17-13-14-19(23)20(24)22-16-11-9-10-15-21/h19H,2-18,21H2,1H3,(H,22,24). The van der Waals surface area contributed by atoms with Gasteiger partial charge in [0.05, 0.1) is 5.75 Å². The largest absolute Gasteiger partial charge is 0.355 e. The van der Waals surface area contributed by atoms with Crippen molar-refractivity contribution in [3.05, 3.63) is 0 Å². The maximum atomic E-state index is 12.7. The van der Waals surface area contributed by atoms with Crippen LogP contribution in [0.1, 0.15) is 90.4 Å². The molecule has 27 heavy (non-hydrogen) atoms. The molecule has 1 unspecified atom stereocenters. The van der Waals surface area contributed by atoms with Gasteiger partial charge in [-0.25, -0.2) is 8.42 Å². The molecule has 1 amide bonds. The number of nitrogens with one attached hydrogen (secondary N) is 1. The summed E-state index contributed by atoms with van der Waals surface area (Å²) in [6.07, 6.45) is 13.2.